The molecule has 0 aliphatic carbocycles. The van der Waals surface area contributed by atoms with E-state index in [2.05, 4.69) is 15.6 Å². The molecular weight excluding hydrogens is 324 g/mol. The van der Waals surface area contributed by atoms with Crippen molar-refractivity contribution < 1.29 is 19.4 Å². The van der Waals surface area contributed by atoms with Crippen molar-refractivity contribution >= 4 is 12.1 Å². The Morgan fingerprint density at radius 2 is 1.88 bits per heavy atom. The summed E-state index contributed by atoms with van der Waals surface area (Å²) in [6.45, 7) is 7.54. The van der Waals surface area contributed by atoms with Gasteiger partial charge in [-0.05, 0) is 33.3 Å². The monoisotopic (exact) mass is 346 g/mol. The summed E-state index contributed by atoms with van der Waals surface area (Å²) in [5.41, 5.74) is 1.55. The molecular formula is C17H22N4O4. The molecule has 1 heterocycles. The van der Waals surface area contributed by atoms with E-state index in [4.69, 9.17) is 4.74 Å². The molecule has 2 aromatic rings. The molecule has 0 fully saturated rings. The molecule has 25 heavy (non-hydrogen) atoms. The summed E-state index contributed by atoms with van der Waals surface area (Å²) in [7, 11) is 0. The van der Waals surface area contributed by atoms with E-state index in [1.165, 1.54) is 4.68 Å². The molecule has 0 bridgehead atoms. The van der Waals surface area contributed by atoms with Crippen LogP contribution < -0.4 is 5.32 Å². The van der Waals surface area contributed by atoms with Crippen molar-refractivity contribution in [2.75, 3.05) is 0 Å². The number of ether oxygens (including phenoxy) is 1. The molecule has 2 rings (SSSR count). The molecule has 1 aromatic heterocycles. The number of aryl methyl sites for hydroxylation is 1. The molecule has 8 heteroatoms. The first-order chi connectivity index (χ1) is 11.7. The average molecular weight is 346 g/mol. The highest BCUT2D eigenvalue weighted by Crippen LogP contribution is 2.11. The zero-order valence-corrected chi connectivity index (χ0v) is 14.7. The average Bonchev–Trinajstić information content (AvgIpc) is 2.88. The number of hydrogen-bond acceptors (Lipinski definition) is 5. The van der Waals surface area contributed by atoms with Crippen molar-refractivity contribution in [3.05, 3.63) is 46.8 Å². The van der Waals surface area contributed by atoms with Gasteiger partial charge in [0.05, 0.1) is 18.8 Å². The second kappa shape index (κ2) is 7.33. The van der Waals surface area contributed by atoms with Gasteiger partial charge in [-0.1, -0.05) is 35.0 Å². The summed E-state index contributed by atoms with van der Waals surface area (Å²) < 4.78 is 6.62. The van der Waals surface area contributed by atoms with Crippen LogP contribution in [0.25, 0.3) is 0 Å². The first-order valence-electron chi connectivity index (χ1n) is 7.84. The Morgan fingerprint density at radius 1 is 1.24 bits per heavy atom. The van der Waals surface area contributed by atoms with E-state index in [9.17, 15) is 14.7 Å². The zero-order valence-electron chi connectivity index (χ0n) is 14.7. The molecule has 8 nitrogen and oxygen atoms in total. The molecule has 1 aromatic carbocycles. The van der Waals surface area contributed by atoms with Crippen molar-refractivity contribution in [3.8, 4) is 0 Å². The number of aromatic nitrogens is 3. The lowest BCUT2D eigenvalue weighted by atomic mass is 10.1. The van der Waals surface area contributed by atoms with Gasteiger partial charge in [-0.2, -0.15) is 0 Å². The van der Waals surface area contributed by atoms with E-state index in [0.29, 0.717) is 12.2 Å². The first-order valence-corrected chi connectivity index (χ1v) is 7.84. The Bertz CT molecular complexity index is 760. The predicted octanol–water partition coefficient (Wildman–Crippen LogP) is 2.36. The Balaban J connectivity index is 2.17. The standard InChI is InChI=1S/C17H22N4O4/c1-11-5-7-12(8-6-11)10-21-13(14(15(22)23)19-20-21)9-18-16(24)25-17(2,3)4/h5-8H,9-10H2,1-4H3,(H,18,24)(H,22,23). The van der Waals surface area contributed by atoms with Gasteiger partial charge in [0.15, 0.2) is 5.69 Å². The number of nitrogens with one attached hydrogen (secondary N) is 1. The number of carboxylic acid groups (broad SMARTS) is 1. The van der Waals surface area contributed by atoms with Gasteiger partial charge >= 0.3 is 12.1 Å². The van der Waals surface area contributed by atoms with Gasteiger partial charge in [0.1, 0.15) is 5.60 Å². The minimum atomic E-state index is -1.20. The zero-order chi connectivity index (χ0) is 18.6. The second-order valence-electron chi connectivity index (χ2n) is 6.69. The van der Waals surface area contributed by atoms with Crippen LogP contribution in [-0.4, -0.2) is 37.8 Å². The molecule has 134 valence electrons. The summed E-state index contributed by atoms with van der Waals surface area (Å²) in [4.78, 5) is 23.2. The highest BCUT2D eigenvalue weighted by Gasteiger charge is 2.21. The lowest BCUT2D eigenvalue weighted by Crippen LogP contribution is -2.33. The number of carbonyl (C=O) groups excluding carboxylic acids is 1. The quantitative estimate of drug-likeness (QED) is 0.861. The predicted molar refractivity (Wildman–Crippen MR) is 90.3 cm³/mol. The highest BCUT2D eigenvalue weighted by molar-refractivity contribution is 5.86. The third-order valence-electron chi connectivity index (χ3n) is 3.29. The maximum Gasteiger partial charge on any atom is 0.407 e. The van der Waals surface area contributed by atoms with Gasteiger partial charge in [-0.3, -0.25) is 0 Å². The Labute approximate surface area is 145 Å². The molecule has 2 N–H and O–H groups in total. The normalized spacial score (nSPS) is 11.2. The van der Waals surface area contributed by atoms with E-state index < -0.39 is 17.7 Å². The number of carboxylic acids is 1. The minimum absolute atomic E-state index is 0.0462. The van der Waals surface area contributed by atoms with Crippen LogP contribution in [0.5, 0.6) is 0 Å². The van der Waals surface area contributed by atoms with Crippen molar-refractivity contribution in [2.45, 2.75) is 46.4 Å². The summed E-state index contributed by atoms with van der Waals surface area (Å²) >= 11 is 0. The van der Waals surface area contributed by atoms with Gasteiger partial charge < -0.3 is 15.2 Å². The van der Waals surface area contributed by atoms with E-state index in [-0.39, 0.29) is 12.2 Å². The lowest BCUT2D eigenvalue weighted by molar-refractivity contribution is 0.0519. The highest BCUT2D eigenvalue weighted by atomic mass is 16.6. The van der Waals surface area contributed by atoms with Crippen LogP contribution in [0.15, 0.2) is 24.3 Å². The fourth-order valence-corrected chi connectivity index (χ4v) is 2.14. The third-order valence-corrected chi connectivity index (χ3v) is 3.29. The van der Waals surface area contributed by atoms with Crippen molar-refractivity contribution in [1.82, 2.24) is 20.3 Å². The molecule has 0 aliphatic rings. The molecule has 0 saturated heterocycles. The Morgan fingerprint density at radius 3 is 2.44 bits per heavy atom. The summed E-state index contributed by atoms with van der Waals surface area (Å²) in [6.07, 6.45) is -0.632. The Kier molecular flexibility index (Phi) is 5.41. The number of carbonyl (C=O) groups is 2. The van der Waals surface area contributed by atoms with E-state index in [0.717, 1.165) is 11.1 Å². The van der Waals surface area contributed by atoms with Gasteiger partial charge in [0.2, 0.25) is 0 Å². The summed E-state index contributed by atoms with van der Waals surface area (Å²) in [5.74, 6) is -1.20. The SMILES string of the molecule is Cc1ccc(Cn2nnc(C(=O)O)c2CNC(=O)OC(C)(C)C)cc1. The van der Waals surface area contributed by atoms with Crippen LogP contribution >= 0.6 is 0 Å². The van der Waals surface area contributed by atoms with Crippen molar-refractivity contribution in [1.29, 1.82) is 0 Å². The minimum Gasteiger partial charge on any atom is -0.476 e. The number of benzene rings is 1. The molecule has 0 aliphatic heterocycles. The van der Waals surface area contributed by atoms with Crippen LogP contribution in [0.4, 0.5) is 4.79 Å². The second-order valence-corrected chi connectivity index (χ2v) is 6.69. The number of rotatable bonds is 5. The van der Waals surface area contributed by atoms with E-state index >= 15 is 0 Å². The molecule has 0 atom stereocenters. The van der Waals surface area contributed by atoms with Crippen LogP contribution in [0.2, 0.25) is 0 Å². The molecule has 0 spiro atoms. The van der Waals surface area contributed by atoms with Crippen LogP contribution in [-0.2, 0) is 17.8 Å². The van der Waals surface area contributed by atoms with Crippen LogP contribution in [0.3, 0.4) is 0 Å². The first kappa shape index (κ1) is 18.4. The number of aromatic carboxylic acids is 1. The van der Waals surface area contributed by atoms with Gasteiger partial charge in [-0.15, -0.1) is 5.10 Å². The van der Waals surface area contributed by atoms with Gasteiger partial charge in [-0.25, -0.2) is 14.3 Å². The Hall–Kier alpha value is -2.90. The third kappa shape index (κ3) is 5.30. The summed E-state index contributed by atoms with van der Waals surface area (Å²) in [6, 6.07) is 7.79. The van der Waals surface area contributed by atoms with E-state index in [1.54, 1.807) is 20.8 Å². The molecule has 0 saturated carbocycles. The fraction of sp³-hybridized carbons (Fsp3) is 0.412. The fourth-order valence-electron chi connectivity index (χ4n) is 2.14. The van der Waals surface area contributed by atoms with Crippen LogP contribution in [0.1, 0.15) is 48.1 Å². The molecule has 0 radical (unpaired) electrons. The van der Waals surface area contributed by atoms with E-state index in [1.807, 2.05) is 31.2 Å². The van der Waals surface area contributed by atoms with Crippen molar-refractivity contribution in [3.63, 3.8) is 0 Å². The van der Waals surface area contributed by atoms with Crippen molar-refractivity contribution in [2.24, 2.45) is 0 Å². The largest absolute Gasteiger partial charge is 0.476 e. The topological polar surface area (TPSA) is 106 Å². The van der Waals surface area contributed by atoms with Gasteiger partial charge in [0.25, 0.3) is 0 Å². The molecule has 0 unspecified atom stereocenters. The van der Waals surface area contributed by atoms with Crippen LogP contribution in [0, 0.1) is 6.92 Å². The number of alkyl carbamates (subject to hydrolysis) is 1. The maximum absolute atomic E-state index is 11.8. The maximum atomic E-state index is 11.8. The number of amides is 1. The lowest BCUT2D eigenvalue weighted by Gasteiger charge is -2.19. The summed E-state index contributed by atoms with van der Waals surface area (Å²) in [5, 5.41) is 19.4. The molecule has 1 amide bonds. The smallest absolute Gasteiger partial charge is 0.407 e. The number of hydrogen-bond donors (Lipinski definition) is 2. The van der Waals surface area contributed by atoms with Gasteiger partial charge in [0, 0.05) is 0 Å². The number of nitrogens with zero attached hydrogens (tertiary/aromatic N) is 3.